The molecule has 2 heteroatoms. The van der Waals surface area contributed by atoms with E-state index in [1.807, 2.05) is 0 Å². The van der Waals surface area contributed by atoms with Gasteiger partial charge in [-0.05, 0) is 61.6 Å². The third kappa shape index (κ3) is 3.60. The molecule has 1 aromatic carbocycles. The third-order valence-electron chi connectivity index (χ3n) is 4.62. The Morgan fingerprint density at radius 1 is 1.26 bits per heavy atom. The Kier molecular flexibility index (Phi) is 4.68. The minimum absolute atomic E-state index is 0.126. The summed E-state index contributed by atoms with van der Waals surface area (Å²) in [5.41, 5.74) is 1.16. The number of rotatable bonds is 3. The van der Waals surface area contributed by atoms with Crippen LogP contribution in [0.25, 0.3) is 0 Å². The normalized spacial score (nSPS) is 27.2. The molecule has 1 nitrogen and oxygen atoms in total. The minimum Gasteiger partial charge on any atom is -0.198 e. The molecule has 0 saturated heterocycles. The van der Waals surface area contributed by atoms with Gasteiger partial charge in [-0.1, -0.05) is 41.9 Å². The van der Waals surface area contributed by atoms with Crippen molar-refractivity contribution in [1.82, 2.24) is 0 Å². The first-order chi connectivity index (χ1) is 9.04. The Labute approximate surface area is 125 Å². The fourth-order valence-electron chi connectivity index (χ4n) is 3.18. The predicted octanol–water partition coefficient (Wildman–Crippen LogP) is 5.35. The van der Waals surface area contributed by atoms with Gasteiger partial charge in [-0.15, -0.1) is 0 Å². The summed E-state index contributed by atoms with van der Waals surface area (Å²) < 4.78 is 1.10. The molecule has 1 saturated carbocycles. The van der Waals surface area contributed by atoms with Crippen LogP contribution in [0.4, 0.5) is 0 Å². The SMILES string of the molecule is CC(C)C1CCC(C#N)(Cc2ccc(Br)cc2)CC1. The van der Waals surface area contributed by atoms with Crippen LogP contribution < -0.4 is 0 Å². The van der Waals surface area contributed by atoms with Gasteiger partial charge in [0.05, 0.1) is 11.5 Å². The molecule has 1 fully saturated rings. The van der Waals surface area contributed by atoms with Crippen molar-refractivity contribution in [1.29, 1.82) is 5.26 Å². The highest BCUT2D eigenvalue weighted by Crippen LogP contribution is 2.43. The fourth-order valence-corrected chi connectivity index (χ4v) is 3.44. The Bertz CT molecular complexity index is 447. The summed E-state index contributed by atoms with van der Waals surface area (Å²) in [5, 5.41) is 9.62. The Balaban J connectivity index is 2.05. The Hall–Kier alpha value is -0.810. The van der Waals surface area contributed by atoms with Gasteiger partial charge in [0.1, 0.15) is 0 Å². The van der Waals surface area contributed by atoms with Crippen molar-refractivity contribution in [2.75, 3.05) is 0 Å². The van der Waals surface area contributed by atoms with Crippen LogP contribution in [0.3, 0.4) is 0 Å². The van der Waals surface area contributed by atoms with Crippen LogP contribution in [0.15, 0.2) is 28.7 Å². The molecule has 0 bridgehead atoms. The Morgan fingerprint density at radius 2 is 1.84 bits per heavy atom. The fraction of sp³-hybridized carbons (Fsp3) is 0.588. The molecule has 19 heavy (non-hydrogen) atoms. The first-order valence-corrected chi connectivity index (χ1v) is 8.00. The van der Waals surface area contributed by atoms with Crippen LogP contribution in [-0.4, -0.2) is 0 Å². The zero-order chi connectivity index (χ0) is 13.9. The molecule has 0 aliphatic heterocycles. The lowest BCUT2D eigenvalue weighted by molar-refractivity contribution is 0.175. The van der Waals surface area contributed by atoms with Crippen molar-refractivity contribution in [3.05, 3.63) is 34.3 Å². The summed E-state index contributed by atoms with van der Waals surface area (Å²) in [4.78, 5) is 0. The average molecular weight is 320 g/mol. The quantitative estimate of drug-likeness (QED) is 0.736. The molecule has 0 heterocycles. The maximum absolute atomic E-state index is 9.62. The van der Waals surface area contributed by atoms with Crippen LogP contribution >= 0.6 is 15.9 Å². The van der Waals surface area contributed by atoms with Crippen LogP contribution in [0.1, 0.15) is 45.1 Å². The third-order valence-corrected chi connectivity index (χ3v) is 5.15. The summed E-state index contributed by atoms with van der Waals surface area (Å²) in [6.07, 6.45) is 5.44. The highest BCUT2D eigenvalue weighted by Gasteiger charge is 2.36. The molecule has 102 valence electrons. The van der Waals surface area contributed by atoms with Gasteiger partial charge < -0.3 is 0 Å². The minimum atomic E-state index is -0.126. The smallest absolute Gasteiger partial charge is 0.0693 e. The summed E-state index contributed by atoms with van der Waals surface area (Å²) in [6, 6.07) is 11.0. The lowest BCUT2D eigenvalue weighted by Crippen LogP contribution is -2.30. The molecule has 0 spiro atoms. The van der Waals surface area contributed by atoms with Gasteiger partial charge in [-0.25, -0.2) is 0 Å². The molecule has 0 amide bonds. The predicted molar refractivity (Wildman–Crippen MR) is 82.7 cm³/mol. The van der Waals surface area contributed by atoms with E-state index in [0.29, 0.717) is 0 Å². The Morgan fingerprint density at radius 3 is 2.32 bits per heavy atom. The second-order valence-electron chi connectivity index (χ2n) is 6.28. The van der Waals surface area contributed by atoms with E-state index < -0.39 is 0 Å². The summed E-state index contributed by atoms with van der Waals surface area (Å²) >= 11 is 3.46. The van der Waals surface area contributed by atoms with Gasteiger partial charge in [0.15, 0.2) is 0 Å². The largest absolute Gasteiger partial charge is 0.198 e. The standard InChI is InChI=1S/C17H22BrN/c1-13(2)15-7-9-17(12-19,10-8-15)11-14-3-5-16(18)6-4-14/h3-6,13,15H,7-11H2,1-2H3. The van der Waals surface area contributed by atoms with Gasteiger partial charge in [0.25, 0.3) is 0 Å². The zero-order valence-electron chi connectivity index (χ0n) is 11.8. The highest BCUT2D eigenvalue weighted by atomic mass is 79.9. The molecule has 1 aliphatic rings. The number of hydrogen-bond donors (Lipinski definition) is 0. The van der Waals surface area contributed by atoms with Gasteiger partial charge in [-0.3, -0.25) is 0 Å². The van der Waals surface area contributed by atoms with Crippen LogP contribution in [0, 0.1) is 28.6 Å². The highest BCUT2D eigenvalue weighted by molar-refractivity contribution is 9.10. The van der Waals surface area contributed by atoms with Gasteiger partial charge in [-0.2, -0.15) is 5.26 Å². The lowest BCUT2D eigenvalue weighted by Gasteiger charge is -2.36. The second kappa shape index (κ2) is 6.09. The van der Waals surface area contributed by atoms with Crippen molar-refractivity contribution in [3.63, 3.8) is 0 Å². The van der Waals surface area contributed by atoms with Gasteiger partial charge in [0.2, 0.25) is 0 Å². The van der Waals surface area contributed by atoms with E-state index in [0.717, 1.165) is 35.6 Å². The monoisotopic (exact) mass is 319 g/mol. The number of halogens is 1. The molecular formula is C17H22BrN. The summed E-state index contributed by atoms with van der Waals surface area (Å²) in [5.74, 6) is 1.57. The molecule has 0 N–H and O–H groups in total. The molecule has 0 atom stereocenters. The summed E-state index contributed by atoms with van der Waals surface area (Å²) in [7, 11) is 0. The zero-order valence-corrected chi connectivity index (χ0v) is 13.4. The molecule has 1 aromatic rings. The van der Waals surface area contributed by atoms with E-state index in [1.165, 1.54) is 18.4 Å². The van der Waals surface area contributed by atoms with E-state index in [4.69, 9.17) is 0 Å². The maximum atomic E-state index is 9.62. The average Bonchev–Trinajstić information content (AvgIpc) is 2.42. The number of hydrogen-bond acceptors (Lipinski definition) is 1. The van der Waals surface area contributed by atoms with E-state index in [2.05, 4.69) is 60.1 Å². The van der Waals surface area contributed by atoms with Crippen LogP contribution in [0.2, 0.25) is 0 Å². The van der Waals surface area contributed by atoms with E-state index in [1.54, 1.807) is 0 Å². The van der Waals surface area contributed by atoms with Crippen LogP contribution in [0.5, 0.6) is 0 Å². The van der Waals surface area contributed by atoms with Crippen molar-refractivity contribution in [3.8, 4) is 6.07 Å². The first kappa shape index (κ1) is 14.6. The number of nitriles is 1. The van der Waals surface area contributed by atoms with Crippen LogP contribution in [-0.2, 0) is 6.42 Å². The molecule has 1 aliphatic carbocycles. The molecule has 2 rings (SSSR count). The summed E-state index contributed by atoms with van der Waals surface area (Å²) in [6.45, 7) is 4.61. The van der Waals surface area contributed by atoms with E-state index >= 15 is 0 Å². The second-order valence-corrected chi connectivity index (χ2v) is 7.19. The molecule has 0 unspecified atom stereocenters. The lowest BCUT2D eigenvalue weighted by atomic mass is 9.66. The molecular weight excluding hydrogens is 298 g/mol. The topological polar surface area (TPSA) is 23.8 Å². The van der Waals surface area contributed by atoms with Crippen molar-refractivity contribution < 1.29 is 0 Å². The molecule has 0 aromatic heterocycles. The number of benzene rings is 1. The maximum Gasteiger partial charge on any atom is 0.0693 e. The first-order valence-electron chi connectivity index (χ1n) is 7.20. The van der Waals surface area contributed by atoms with E-state index in [-0.39, 0.29) is 5.41 Å². The van der Waals surface area contributed by atoms with Crippen molar-refractivity contribution in [2.45, 2.75) is 46.0 Å². The molecule has 0 radical (unpaired) electrons. The van der Waals surface area contributed by atoms with Gasteiger partial charge >= 0.3 is 0 Å². The van der Waals surface area contributed by atoms with Gasteiger partial charge in [0, 0.05) is 4.47 Å². The number of nitrogens with zero attached hydrogens (tertiary/aromatic N) is 1. The van der Waals surface area contributed by atoms with E-state index in [9.17, 15) is 5.26 Å². The van der Waals surface area contributed by atoms with Crippen molar-refractivity contribution >= 4 is 15.9 Å². The van der Waals surface area contributed by atoms with Crippen molar-refractivity contribution in [2.24, 2.45) is 17.3 Å².